The molecule has 1 aromatic heterocycles. The van der Waals surface area contributed by atoms with Crippen LogP contribution in [0.15, 0.2) is 58.9 Å². The molecule has 3 rings (SSSR count). The number of hydrogen-bond donors (Lipinski definition) is 2. The molecule has 0 saturated carbocycles. The van der Waals surface area contributed by atoms with Gasteiger partial charge in [-0.05, 0) is 36.8 Å². The molecule has 0 fully saturated rings. The van der Waals surface area contributed by atoms with Gasteiger partial charge in [0.2, 0.25) is 11.0 Å². The highest BCUT2D eigenvalue weighted by molar-refractivity contribution is 8.01. The Balaban J connectivity index is 1.43. The van der Waals surface area contributed by atoms with Crippen LogP contribution in [-0.2, 0) is 11.4 Å². The fourth-order valence-electron chi connectivity index (χ4n) is 2.19. The molecule has 0 saturated heterocycles. The minimum Gasteiger partial charge on any atom is -0.489 e. The van der Waals surface area contributed by atoms with Crippen LogP contribution in [0.25, 0.3) is 0 Å². The fraction of sp³-hybridized carbons (Fsp3) is 0.211. The monoisotopic (exact) mass is 400 g/mol. The molecule has 0 bridgehead atoms. The summed E-state index contributed by atoms with van der Waals surface area (Å²) in [5, 5.41) is 14.8. The van der Waals surface area contributed by atoms with Crippen molar-refractivity contribution in [3.63, 3.8) is 0 Å². The van der Waals surface area contributed by atoms with Gasteiger partial charge in [-0.15, -0.1) is 10.2 Å². The lowest BCUT2D eigenvalue weighted by atomic mass is 10.2. The summed E-state index contributed by atoms with van der Waals surface area (Å²) in [6.07, 6.45) is 0. The first kappa shape index (κ1) is 19.2. The molecule has 0 unspecified atom stereocenters. The van der Waals surface area contributed by atoms with E-state index in [1.165, 1.54) is 23.1 Å². The van der Waals surface area contributed by atoms with Crippen molar-refractivity contribution < 1.29 is 9.53 Å². The topological polar surface area (TPSA) is 76.1 Å². The largest absolute Gasteiger partial charge is 0.489 e. The van der Waals surface area contributed by atoms with Crippen LogP contribution >= 0.6 is 23.1 Å². The Morgan fingerprint density at radius 2 is 1.89 bits per heavy atom. The van der Waals surface area contributed by atoms with E-state index in [4.69, 9.17) is 4.74 Å². The third-order valence-electron chi connectivity index (χ3n) is 3.45. The number of rotatable bonds is 9. The molecular weight excluding hydrogens is 380 g/mol. The zero-order valence-corrected chi connectivity index (χ0v) is 16.5. The van der Waals surface area contributed by atoms with Crippen molar-refractivity contribution in [1.29, 1.82) is 0 Å². The quantitative estimate of drug-likeness (QED) is 0.522. The van der Waals surface area contributed by atoms with Crippen LogP contribution in [0, 0.1) is 0 Å². The van der Waals surface area contributed by atoms with E-state index < -0.39 is 0 Å². The lowest BCUT2D eigenvalue weighted by Crippen LogP contribution is -2.13. The van der Waals surface area contributed by atoms with Gasteiger partial charge in [0.25, 0.3) is 0 Å². The van der Waals surface area contributed by atoms with Crippen LogP contribution in [0.2, 0.25) is 0 Å². The predicted octanol–water partition coefficient (Wildman–Crippen LogP) is 4.28. The van der Waals surface area contributed by atoms with E-state index in [1.807, 2.05) is 61.5 Å². The summed E-state index contributed by atoms with van der Waals surface area (Å²) >= 11 is 2.82. The van der Waals surface area contributed by atoms with Crippen molar-refractivity contribution >= 4 is 39.8 Å². The second kappa shape index (κ2) is 9.94. The van der Waals surface area contributed by atoms with Crippen LogP contribution in [0.1, 0.15) is 12.5 Å². The number of carbonyl (C=O) groups excluding carboxylic acids is 1. The number of aromatic nitrogens is 2. The fourth-order valence-corrected chi connectivity index (χ4v) is 3.81. The van der Waals surface area contributed by atoms with Crippen molar-refractivity contribution in [2.75, 3.05) is 22.9 Å². The van der Waals surface area contributed by atoms with Gasteiger partial charge >= 0.3 is 0 Å². The molecule has 27 heavy (non-hydrogen) atoms. The zero-order chi connectivity index (χ0) is 18.9. The van der Waals surface area contributed by atoms with Crippen LogP contribution in [0.4, 0.5) is 10.8 Å². The van der Waals surface area contributed by atoms with Gasteiger partial charge in [0, 0.05) is 12.2 Å². The maximum atomic E-state index is 12.1. The summed E-state index contributed by atoms with van der Waals surface area (Å²) in [5.74, 6) is 0.960. The maximum Gasteiger partial charge on any atom is 0.234 e. The summed E-state index contributed by atoms with van der Waals surface area (Å²) in [6, 6.07) is 17.3. The summed E-state index contributed by atoms with van der Waals surface area (Å²) in [4.78, 5) is 12.1. The summed E-state index contributed by atoms with van der Waals surface area (Å²) < 4.78 is 6.51. The minimum atomic E-state index is -0.0850. The average molecular weight is 401 g/mol. The maximum absolute atomic E-state index is 12.1. The van der Waals surface area contributed by atoms with Gasteiger partial charge in [-0.3, -0.25) is 4.79 Å². The van der Waals surface area contributed by atoms with Gasteiger partial charge in [0.05, 0.1) is 5.75 Å². The molecule has 0 atom stereocenters. The zero-order valence-electron chi connectivity index (χ0n) is 14.8. The lowest BCUT2D eigenvalue weighted by Gasteiger charge is -2.08. The Morgan fingerprint density at radius 3 is 2.63 bits per heavy atom. The Bertz CT molecular complexity index is 854. The number of hydrogen-bond acceptors (Lipinski definition) is 7. The first-order chi connectivity index (χ1) is 13.2. The van der Waals surface area contributed by atoms with E-state index in [0.29, 0.717) is 6.61 Å². The Morgan fingerprint density at radius 1 is 1.11 bits per heavy atom. The number of amides is 1. The second-order valence-corrected chi connectivity index (χ2v) is 7.74. The minimum absolute atomic E-state index is 0.0850. The Labute approximate surface area is 166 Å². The average Bonchev–Trinajstić information content (AvgIpc) is 3.15. The molecular formula is C19H20N4O2S2. The third-order valence-corrected chi connectivity index (χ3v) is 5.46. The van der Waals surface area contributed by atoms with Crippen molar-refractivity contribution in [1.82, 2.24) is 10.2 Å². The van der Waals surface area contributed by atoms with E-state index in [-0.39, 0.29) is 11.7 Å². The molecule has 0 aliphatic rings. The highest BCUT2D eigenvalue weighted by Crippen LogP contribution is 2.25. The highest BCUT2D eigenvalue weighted by Gasteiger charge is 2.08. The molecule has 2 aromatic carbocycles. The van der Waals surface area contributed by atoms with E-state index in [0.717, 1.165) is 33.0 Å². The Hall–Kier alpha value is -2.58. The first-order valence-electron chi connectivity index (χ1n) is 8.50. The normalized spacial score (nSPS) is 10.4. The molecule has 2 N–H and O–H groups in total. The van der Waals surface area contributed by atoms with E-state index in [9.17, 15) is 4.79 Å². The van der Waals surface area contributed by atoms with E-state index >= 15 is 0 Å². The molecule has 8 heteroatoms. The molecule has 0 aliphatic heterocycles. The Kier molecular flexibility index (Phi) is 7.06. The van der Waals surface area contributed by atoms with Gasteiger partial charge in [0.15, 0.2) is 4.34 Å². The van der Waals surface area contributed by atoms with Gasteiger partial charge in [-0.1, -0.05) is 53.4 Å². The summed E-state index contributed by atoms with van der Waals surface area (Å²) in [6.45, 7) is 3.31. The van der Waals surface area contributed by atoms with Crippen LogP contribution in [-0.4, -0.2) is 28.4 Å². The standard InChI is InChI=1S/C19H20N4O2S2/c1-2-20-18-22-23-19(27-18)26-13-17(24)21-15-8-10-16(11-9-15)25-12-14-6-4-3-5-7-14/h3-11H,2,12-13H2,1H3,(H,20,22)(H,21,24). The molecule has 0 radical (unpaired) electrons. The number of ether oxygens (including phenoxy) is 1. The summed E-state index contributed by atoms with van der Waals surface area (Å²) in [7, 11) is 0. The van der Waals surface area contributed by atoms with Crippen LogP contribution in [0.5, 0.6) is 5.75 Å². The van der Waals surface area contributed by atoms with Gasteiger partial charge in [-0.2, -0.15) is 0 Å². The smallest absolute Gasteiger partial charge is 0.234 e. The van der Waals surface area contributed by atoms with Crippen LogP contribution < -0.4 is 15.4 Å². The number of carbonyl (C=O) groups is 1. The van der Waals surface area contributed by atoms with Crippen molar-refractivity contribution in [3.8, 4) is 5.75 Å². The van der Waals surface area contributed by atoms with E-state index in [2.05, 4.69) is 20.8 Å². The van der Waals surface area contributed by atoms with Gasteiger partial charge < -0.3 is 15.4 Å². The number of nitrogens with zero attached hydrogens (tertiary/aromatic N) is 2. The molecule has 140 valence electrons. The molecule has 0 spiro atoms. The highest BCUT2D eigenvalue weighted by atomic mass is 32.2. The second-order valence-electron chi connectivity index (χ2n) is 5.54. The molecule has 1 heterocycles. The SMILES string of the molecule is CCNc1nnc(SCC(=O)Nc2ccc(OCc3ccccc3)cc2)s1. The molecule has 6 nitrogen and oxygen atoms in total. The predicted molar refractivity (Wildman–Crippen MR) is 111 cm³/mol. The number of thioether (sulfide) groups is 1. The van der Waals surface area contributed by atoms with Crippen LogP contribution in [0.3, 0.4) is 0 Å². The number of nitrogens with one attached hydrogen (secondary N) is 2. The molecule has 1 amide bonds. The van der Waals surface area contributed by atoms with Gasteiger partial charge in [0.1, 0.15) is 12.4 Å². The molecule has 0 aliphatic carbocycles. The van der Waals surface area contributed by atoms with Crippen molar-refractivity contribution in [2.45, 2.75) is 17.9 Å². The van der Waals surface area contributed by atoms with Gasteiger partial charge in [-0.25, -0.2) is 0 Å². The third kappa shape index (κ3) is 6.26. The summed E-state index contributed by atoms with van der Waals surface area (Å²) in [5.41, 5.74) is 1.85. The molecule has 3 aromatic rings. The number of benzene rings is 2. The van der Waals surface area contributed by atoms with E-state index in [1.54, 1.807) is 0 Å². The lowest BCUT2D eigenvalue weighted by molar-refractivity contribution is -0.113. The van der Waals surface area contributed by atoms with Crippen molar-refractivity contribution in [2.24, 2.45) is 0 Å². The van der Waals surface area contributed by atoms with Crippen molar-refractivity contribution in [3.05, 3.63) is 60.2 Å². The first-order valence-corrected chi connectivity index (χ1v) is 10.3. The number of anilines is 2.